The Hall–Kier alpha value is -0.398. The summed E-state index contributed by atoms with van der Waals surface area (Å²) in [5, 5.41) is 0. The number of hydrogen-bond donors (Lipinski definition) is 0. The number of ether oxygens (including phenoxy) is 1. The van der Waals surface area contributed by atoms with Gasteiger partial charge in [-0.1, -0.05) is 12.1 Å². The summed E-state index contributed by atoms with van der Waals surface area (Å²) in [5.74, 6) is -0.973. The van der Waals surface area contributed by atoms with E-state index in [0.717, 1.165) is 6.08 Å². The molecule has 1 radical (unpaired) electrons. The van der Waals surface area contributed by atoms with E-state index in [1.54, 1.807) is 0 Å². The van der Waals surface area contributed by atoms with Gasteiger partial charge in [0.1, 0.15) is 5.82 Å². The Labute approximate surface area is 123 Å². The molecule has 0 heterocycles. The molecule has 1 N–H and O–H groups in total. The van der Waals surface area contributed by atoms with Crippen molar-refractivity contribution in [3.63, 3.8) is 0 Å². The van der Waals surface area contributed by atoms with E-state index < -0.39 is 5.97 Å². The molecule has 0 saturated heterocycles. The predicted octanol–water partition coefficient (Wildman–Crippen LogP) is 2.39. The third kappa shape index (κ3) is 4.76. The number of carbonyl (C=O) groups is 1. The summed E-state index contributed by atoms with van der Waals surface area (Å²) in [5.41, 5.74) is 7.92. The molecular formula is C10H9AcFNO2-. The van der Waals surface area contributed by atoms with Gasteiger partial charge >= 0.3 is 5.97 Å². The number of esters is 1. The summed E-state index contributed by atoms with van der Waals surface area (Å²) < 4.78 is 16.9. The number of hydrogen-bond acceptors (Lipinski definition) is 2. The molecule has 77 valence electrons. The molecule has 0 amide bonds. The molecule has 0 fully saturated rings. The average Bonchev–Trinajstić information content (AvgIpc) is 2.18. The second-order valence-corrected chi connectivity index (χ2v) is 2.59. The van der Waals surface area contributed by atoms with Crippen molar-refractivity contribution in [2.45, 2.75) is 0 Å². The van der Waals surface area contributed by atoms with Crippen molar-refractivity contribution in [1.29, 1.82) is 0 Å². The topological polar surface area (TPSA) is 50.1 Å². The standard InChI is InChI=1S/C10H10FNO2.Ac/c1-14-10(13)6-9(12)7-2-4-8(11)5-3-7;/h2-6H,1H3,(H2,12,13);/p-1. The van der Waals surface area contributed by atoms with Crippen LogP contribution in [0.25, 0.3) is 11.4 Å². The third-order valence-corrected chi connectivity index (χ3v) is 1.62. The normalized spacial score (nSPS) is 10.4. The Morgan fingerprint density at radius 3 is 2.40 bits per heavy atom. The van der Waals surface area contributed by atoms with Crippen molar-refractivity contribution < 1.29 is 58.0 Å². The maximum Gasteiger partial charge on any atom is 0.329 e. The van der Waals surface area contributed by atoms with Gasteiger partial charge in [0.2, 0.25) is 0 Å². The van der Waals surface area contributed by atoms with E-state index in [9.17, 15) is 9.18 Å². The molecule has 15 heavy (non-hydrogen) atoms. The van der Waals surface area contributed by atoms with Gasteiger partial charge in [-0.3, -0.25) is 0 Å². The van der Waals surface area contributed by atoms with Crippen LogP contribution in [0.4, 0.5) is 4.39 Å². The van der Waals surface area contributed by atoms with Gasteiger partial charge in [0.15, 0.2) is 0 Å². The molecule has 0 bridgehead atoms. The van der Waals surface area contributed by atoms with Crippen molar-refractivity contribution in [1.82, 2.24) is 0 Å². The van der Waals surface area contributed by atoms with Crippen molar-refractivity contribution in [3.05, 3.63) is 47.5 Å². The number of benzene rings is 1. The fraction of sp³-hybridized carbons (Fsp3) is 0.100. The van der Waals surface area contributed by atoms with Gasteiger partial charge in [0.25, 0.3) is 0 Å². The van der Waals surface area contributed by atoms with Gasteiger partial charge in [-0.05, 0) is 17.7 Å². The first-order chi connectivity index (χ1) is 6.63. The monoisotopic (exact) mass is 421 g/mol. The summed E-state index contributed by atoms with van der Waals surface area (Å²) in [6.45, 7) is 0. The minimum atomic E-state index is -0.598. The quantitative estimate of drug-likeness (QED) is 0.544. The molecule has 0 aromatic heterocycles. The molecule has 0 unspecified atom stereocenters. The van der Waals surface area contributed by atoms with Crippen LogP contribution >= 0.6 is 0 Å². The second-order valence-electron chi connectivity index (χ2n) is 2.59. The fourth-order valence-corrected chi connectivity index (χ4v) is 0.890. The smallest absolute Gasteiger partial charge is 0.329 e. The van der Waals surface area contributed by atoms with Gasteiger partial charge in [-0.2, -0.15) is 0 Å². The number of rotatable bonds is 2. The van der Waals surface area contributed by atoms with Crippen LogP contribution in [0.2, 0.25) is 0 Å². The first kappa shape index (κ1) is 14.6. The number of carbonyl (C=O) groups excluding carboxylic acids is 1. The van der Waals surface area contributed by atoms with E-state index in [1.165, 1.54) is 31.4 Å². The third-order valence-electron chi connectivity index (χ3n) is 1.62. The summed E-state index contributed by atoms with van der Waals surface area (Å²) >= 11 is 0. The zero-order valence-electron chi connectivity index (χ0n) is 8.16. The van der Waals surface area contributed by atoms with E-state index in [2.05, 4.69) is 4.74 Å². The van der Waals surface area contributed by atoms with Crippen LogP contribution in [0.1, 0.15) is 5.56 Å². The van der Waals surface area contributed by atoms with Crippen LogP contribution < -0.4 is 0 Å². The SMILES string of the molecule is COC(=O)/C=C(\[NH-])c1ccc(F)cc1.[Ac]. The number of halogens is 1. The van der Waals surface area contributed by atoms with Crippen LogP contribution in [0.5, 0.6) is 0 Å². The van der Waals surface area contributed by atoms with Crippen molar-refractivity contribution in [3.8, 4) is 0 Å². The Bertz CT molecular complexity index is 362. The van der Waals surface area contributed by atoms with Gasteiger partial charge in [-0.15, -0.1) is 5.70 Å². The molecule has 0 saturated carbocycles. The van der Waals surface area contributed by atoms with E-state index in [-0.39, 0.29) is 55.6 Å². The van der Waals surface area contributed by atoms with Crippen LogP contribution in [0.3, 0.4) is 0 Å². The molecule has 0 aliphatic carbocycles. The largest absolute Gasteiger partial charge is 0.698 e. The van der Waals surface area contributed by atoms with Crippen molar-refractivity contribution >= 4 is 11.7 Å². The summed E-state index contributed by atoms with van der Waals surface area (Å²) in [4.78, 5) is 10.8. The zero-order valence-corrected chi connectivity index (χ0v) is 12.9. The molecule has 0 aliphatic heterocycles. The maximum absolute atomic E-state index is 12.5. The van der Waals surface area contributed by atoms with Crippen molar-refractivity contribution in [2.75, 3.05) is 7.11 Å². The average molecular weight is 421 g/mol. The van der Waals surface area contributed by atoms with Gasteiger partial charge in [-0.25, -0.2) is 9.18 Å². The Morgan fingerprint density at radius 1 is 1.40 bits per heavy atom. The molecule has 1 aromatic carbocycles. The Kier molecular flexibility index (Phi) is 6.79. The van der Waals surface area contributed by atoms with E-state index >= 15 is 0 Å². The molecule has 0 spiro atoms. The summed E-state index contributed by atoms with van der Waals surface area (Å²) in [6.07, 6.45) is 1.03. The van der Waals surface area contributed by atoms with Crippen LogP contribution in [-0.4, -0.2) is 13.1 Å². The Morgan fingerprint density at radius 2 is 1.93 bits per heavy atom. The van der Waals surface area contributed by atoms with Crippen LogP contribution in [0.15, 0.2) is 30.3 Å². The predicted molar refractivity (Wildman–Crippen MR) is 50.7 cm³/mol. The summed E-state index contributed by atoms with van der Waals surface area (Å²) in [6, 6.07) is 5.32. The van der Waals surface area contributed by atoms with E-state index in [0.29, 0.717) is 5.56 Å². The zero-order chi connectivity index (χ0) is 10.6. The molecule has 1 aromatic rings. The van der Waals surface area contributed by atoms with Crippen molar-refractivity contribution in [2.24, 2.45) is 0 Å². The molecule has 5 heteroatoms. The second kappa shape index (κ2) is 6.97. The molecule has 1 rings (SSSR count). The molecular weight excluding hydrogens is 412 g/mol. The Balaban J connectivity index is 0.00000196. The van der Waals surface area contributed by atoms with Gasteiger partial charge in [0, 0.05) is 50.1 Å². The minimum Gasteiger partial charge on any atom is -0.698 e. The molecule has 0 aliphatic rings. The van der Waals surface area contributed by atoms with Gasteiger partial charge in [0.05, 0.1) is 7.11 Å². The van der Waals surface area contributed by atoms with Crippen LogP contribution in [-0.2, 0) is 9.53 Å². The van der Waals surface area contributed by atoms with E-state index in [1.807, 2.05) is 0 Å². The number of nitrogens with one attached hydrogen (secondary N) is 1. The first-order valence-electron chi connectivity index (χ1n) is 3.90. The maximum atomic E-state index is 12.5. The fourth-order valence-electron chi connectivity index (χ4n) is 0.890. The molecule has 0 atom stereocenters. The number of methoxy groups -OCH3 is 1. The minimum absolute atomic E-state index is 0. The first-order valence-corrected chi connectivity index (χ1v) is 3.90. The van der Waals surface area contributed by atoms with Crippen LogP contribution in [0, 0.1) is 49.9 Å². The summed E-state index contributed by atoms with van der Waals surface area (Å²) in [7, 11) is 1.23. The molecule has 3 nitrogen and oxygen atoms in total. The van der Waals surface area contributed by atoms with Gasteiger partial charge < -0.3 is 10.5 Å². The van der Waals surface area contributed by atoms with E-state index in [4.69, 9.17) is 5.73 Å².